The molecular formula is C20H20N2O4S2. The highest BCUT2D eigenvalue weighted by molar-refractivity contribution is 7.15. The molecule has 2 heterocycles. The van der Waals surface area contributed by atoms with E-state index in [4.69, 9.17) is 9.47 Å². The normalized spacial score (nSPS) is 10.5. The molecule has 0 saturated heterocycles. The van der Waals surface area contributed by atoms with E-state index in [0.29, 0.717) is 21.8 Å². The molecule has 6 nitrogen and oxygen atoms in total. The van der Waals surface area contributed by atoms with Crippen molar-refractivity contribution >= 4 is 39.6 Å². The Morgan fingerprint density at radius 2 is 1.89 bits per heavy atom. The first-order chi connectivity index (χ1) is 13.5. The summed E-state index contributed by atoms with van der Waals surface area (Å²) >= 11 is 2.80. The highest BCUT2D eigenvalue weighted by atomic mass is 32.1. The van der Waals surface area contributed by atoms with Crippen molar-refractivity contribution in [2.75, 3.05) is 19.0 Å². The van der Waals surface area contributed by atoms with Crippen molar-refractivity contribution < 1.29 is 19.1 Å². The highest BCUT2D eigenvalue weighted by Gasteiger charge is 2.23. The summed E-state index contributed by atoms with van der Waals surface area (Å²) in [6.07, 6.45) is 0.155. The number of thiophene rings is 1. The molecule has 0 aliphatic rings. The predicted molar refractivity (Wildman–Crippen MR) is 111 cm³/mol. The van der Waals surface area contributed by atoms with Gasteiger partial charge in [-0.15, -0.1) is 22.7 Å². The number of carbonyl (C=O) groups excluding carboxylic acids is 2. The number of hydrogen-bond acceptors (Lipinski definition) is 7. The summed E-state index contributed by atoms with van der Waals surface area (Å²) in [6.45, 7) is 3.90. The summed E-state index contributed by atoms with van der Waals surface area (Å²) < 4.78 is 10.4. The van der Waals surface area contributed by atoms with Crippen molar-refractivity contribution in [1.82, 2.24) is 4.98 Å². The van der Waals surface area contributed by atoms with Gasteiger partial charge in [-0.2, -0.15) is 0 Å². The number of thiazole rings is 1. The summed E-state index contributed by atoms with van der Waals surface area (Å²) in [7, 11) is 1.60. The lowest BCUT2D eigenvalue weighted by Gasteiger charge is -2.09. The third kappa shape index (κ3) is 4.58. The number of aryl methyl sites for hydroxylation is 1. The van der Waals surface area contributed by atoms with Gasteiger partial charge >= 0.3 is 5.97 Å². The average Bonchev–Trinajstić information content (AvgIpc) is 3.28. The zero-order valence-corrected chi connectivity index (χ0v) is 17.4. The topological polar surface area (TPSA) is 77.5 Å². The molecule has 28 heavy (non-hydrogen) atoms. The number of anilines is 1. The Morgan fingerprint density at radius 1 is 1.14 bits per heavy atom. The molecule has 0 aliphatic carbocycles. The number of aromatic nitrogens is 1. The number of rotatable bonds is 7. The first-order valence-corrected chi connectivity index (χ1v) is 10.4. The van der Waals surface area contributed by atoms with Crippen LogP contribution in [0.15, 0.2) is 35.0 Å². The second-order valence-electron chi connectivity index (χ2n) is 5.89. The van der Waals surface area contributed by atoms with E-state index in [1.54, 1.807) is 14.0 Å². The van der Waals surface area contributed by atoms with E-state index in [1.165, 1.54) is 22.7 Å². The van der Waals surface area contributed by atoms with Crippen LogP contribution in [0.1, 0.15) is 28.0 Å². The second kappa shape index (κ2) is 8.99. The van der Waals surface area contributed by atoms with Crippen molar-refractivity contribution in [3.63, 3.8) is 0 Å². The highest BCUT2D eigenvalue weighted by Crippen LogP contribution is 2.37. The van der Waals surface area contributed by atoms with Crippen molar-refractivity contribution in [2.45, 2.75) is 20.3 Å². The van der Waals surface area contributed by atoms with E-state index < -0.39 is 5.97 Å². The van der Waals surface area contributed by atoms with Gasteiger partial charge < -0.3 is 14.8 Å². The van der Waals surface area contributed by atoms with E-state index in [-0.39, 0.29) is 18.9 Å². The molecule has 0 saturated carbocycles. The summed E-state index contributed by atoms with van der Waals surface area (Å²) in [6, 6.07) is 7.38. The minimum Gasteiger partial charge on any atom is -0.497 e. The lowest BCUT2D eigenvalue weighted by molar-refractivity contribution is -0.115. The molecule has 1 amide bonds. The molecule has 0 atom stereocenters. The number of esters is 1. The molecule has 1 aromatic carbocycles. The van der Waals surface area contributed by atoms with Crippen LogP contribution in [0.2, 0.25) is 0 Å². The van der Waals surface area contributed by atoms with Crippen molar-refractivity contribution in [1.29, 1.82) is 0 Å². The molecule has 8 heteroatoms. The van der Waals surface area contributed by atoms with Crippen LogP contribution in [0.5, 0.6) is 5.75 Å². The Labute approximate surface area is 171 Å². The van der Waals surface area contributed by atoms with Crippen LogP contribution >= 0.6 is 22.7 Å². The van der Waals surface area contributed by atoms with Gasteiger partial charge in [0.25, 0.3) is 0 Å². The third-order valence-electron chi connectivity index (χ3n) is 3.93. The van der Waals surface area contributed by atoms with Gasteiger partial charge in [0.2, 0.25) is 5.91 Å². The fourth-order valence-electron chi connectivity index (χ4n) is 2.66. The predicted octanol–water partition coefficient (Wildman–Crippen LogP) is 4.55. The zero-order chi connectivity index (χ0) is 20.1. The van der Waals surface area contributed by atoms with Crippen molar-refractivity contribution in [2.24, 2.45) is 0 Å². The maximum atomic E-state index is 12.6. The fraction of sp³-hybridized carbons (Fsp3) is 0.250. The minimum absolute atomic E-state index is 0.155. The third-order valence-corrected chi connectivity index (χ3v) is 5.65. The summed E-state index contributed by atoms with van der Waals surface area (Å²) in [4.78, 5) is 29.3. The second-order valence-corrected chi connectivity index (χ2v) is 7.83. The van der Waals surface area contributed by atoms with Gasteiger partial charge in [-0.25, -0.2) is 9.78 Å². The summed E-state index contributed by atoms with van der Waals surface area (Å²) in [5, 5.41) is 7.93. The van der Waals surface area contributed by atoms with E-state index in [0.717, 1.165) is 16.3 Å². The molecule has 3 rings (SSSR count). The van der Waals surface area contributed by atoms with Gasteiger partial charge in [-0.05, 0) is 31.5 Å². The Balaban J connectivity index is 1.88. The number of hydrogen-bond donors (Lipinski definition) is 1. The molecule has 2 aromatic heterocycles. The van der Waals surface area contributed by atoms with Gasteiger partial charge in [0, 0.05) is 16.3 Å². The number of amides is 1. The summed E-state index contributed by atoms with van der Waals surface area (Å²) in [5.41, 5.74) is 2.63. The number of carbonyl (C=O) groups is 2. The smallest absolute Gasteiger partial charge is 0.341 e. The van der Waals surface area contributed by atoms with Gasteiger partial charge in [-0.3, -0.25) is 4.79 Å². The summed E-state index contributed by atoms with van der Waals surface area (Å²) in [5.74, 6) is 0.0390. The number of nitrogens with one attached hydrogen (secondary N) is 1. The Hall–Kier alpha value is -2.71. The molecule has 0 radical (unpaired) electrons. The SMILES string of the molecule is CCOC(=O)c1c(-c2ccc(OC)cc2)csc1NC(=O)Cc1csc(C)n1. The standard InChI is InChI=1S/C20H20N2O4S2/c1-4-26-20(24)18-16(13-5-7-15(25-3)8-6-13)11-28-19(18)22-17(23)9-14-10-27-12(2)21-14/h5-8,10-11H,4,9H2,1-3H3,(H,22,23). The molecule has 0 fully saturated rings. The van der Waals surface area contributed by atoms with Gasteiger partial charge in [0.05, 0.1) is 30.8 Å². The number of methoxy groups -OCH3 is 1. The van der Waals surface area contributed by atoms with Crippen LogP contribution in [0.25, 0.3) is 11.1 Å². The lowest BCUT2D eigenvalue weighted by Crippen LogP contribution is -2.16. The maximum Gasteiger partial charge on any atom is 0.341 e. The quantitative estimate of drug-likeness (QED) is 0.572. The van der Waals surface area contributed by atoms with E-state index in [2.05, 4.69) is 10.3 Å². The van der Waals surface area contributed by atoms with Crippen LogP contribution in [-0.4, -0.2) is 30.6 Å². The van der Waals surface area contributed by atoms with Gasteiger partial charge in [0.15, 0.2) is 0 Å². The van der Waals surface area contributed by atoms with Crippen LogP contribution in [-0.2, 0) is 16.0 Å². The van der Waals surface area contributed by atoms with Crippen LogP contribution in [0.3, 0.4) is 0 Å². The molecule has 0 unspecified atom stereocenters. The fourth-order valence-corrected chi connectivity index (χ4v) is 4.25. The molecule has 0 spiro atoms. The number of ether oxygens (including phenoxy) is 2. The van der Waals surface area contributed by atoms with Crippen molar-refractivity contribution in [3.8, 4) is 16.9 Å². The zero-order valence-electron chi connectivity index (χ0n) is 15.8. The largest absolute Gasteiger partial charge is 0.497 e. The average molecular weight is 417 g/mol. The monoisotopic (exact) mass is 416 g/mol. The number of benzene rings is 1. The van der Waals surface area contributed by atoms with Gasteiger partial charge in [-0.1, -0.05) is 12.1 Å². The number of nitrogens with zero attached hydrogens (tertiary/aromatic N) is 1. The van der Waals surface area contributed by atoms with Crippen LogP contribution < -0.4 is 10.1 Å². The van der Waals surface area contributed by atoms with E-state index in [1.807, 2.05) is 41.9 Å². The minimum atomic E-state index is -0.464. The first kappa shape index (κ1) is 20.0. The molecule has 146 valence electrons. The molecule has 0 aliphatic heterocycles. The van der Waals surface area contributed by atoms with E-state index in [9.17, 15) is 9.59 Å². The lowest BCUT2D eigenvalue weighted by atomic mass is 10.0. The first-order valence-electron chi connectivity index (χ1n) is 8.65. The Kier molecular flexibility index (Phi) is 6.43. The van der Waals surface area contributed by atoms with Crippen LogP contribution in [0, 0.1) is 6.92 Å². The van der Waals surface area contributed by atoms with Crippen molar-refractivity contribution in [3.05, 3.63) is 51.3 Å². The molecule has 0 bridgehead atoms. The van der Waals surface area contributed by atoms with Crippen LogP contribution in [0.4, 0.5) is 5.00 Å². The van der Waals surface area contributed by atoms with Gasteiger partial charge in [0.1, 0.15) is 16.3 Å². The Morgan fingerprint density at radius 3 is 2.50 bits per heavy atom. The Bertz CT molecular complexity index is 977. The molecular weight excluding hydrogens is 396 g/mol. The molecule has 1 N–H and O–H groups in total. The molecule has 3 aromatic rings. The maximum absolute atomic E-state index is 12.6. The van der Waals surface area contributed by atoms with E-state index >= 15 is 0 Å².